The van der Waals surface area contributed by atoms with Crippen molar-refractivity contribution in [3.63, 3.8) is 0 Å². The van der Waals surface area contributed by atoms with Crippen LogP contribution in [-0.2, 0) is 13.0 Å². The van der Waals surface area contributed by atoms with Crippen LogP contribution in [0.3, 0.4) is 0 Å². The van der Waals surface area contributed by atoms with Crippen LogP contribution in [0.15, 0.2) is 40.9 Å². The molecule has 2 rings (SSSR count). The van der Waals surface area contributed by atoms with Gasteiger partial charge in [0.15, 0.2) is 0 Å². The predicted octanol–water partition coefficient (Wildman–Crippen LogP) is 4.20. The molecule has 0 spiro atoms. The number of thiophene rings is 1. The Bertz CT molecular complexity index is 536. The maximum atomic E-state index is 5.99. The van der Waals surface area contributed by atoms with E-state index in [-0.39, 0.29) is 0 Å². The third-order valence-electron chi connectivity index (χ3n) is 3.46. The van der Waals surface area contributed by atoms with E-state index in [2.05, 4.69) is 71.2 Å². The molecule has 0 aliphatic heterocycles. The Morgan fingerprint density at radius 3 is 2.45 bits per heavy atom. The van der Waals surface area contributed by atoms with Crippen LogP contribution in [0.4, 0.5) is 0 Å². The van der Waals surface area contributed by atoms with Crippen molar-refractivity contribution in [1.82, 2.24) is 4.90 Å². The van der Waals surface area contributed by atoms with Crippen molar-refractivity contribution >= 4 is 27.3 Å². The van der Waals surface area contributed by atoms with Crippen LogP contribution >= 0.6 is 27.3 Å². The number of halogens is 1. The Labute approximate surface area is 133 Å². The summed E-state index contributed by atoms with van der Waals surface area (Å²) < 4.78 is 1.12. The number of nitrogens with two attached hydrogens (primary N) is 1. The Hall–Kier alpha value is -0.680. The number of rotatable bonds is 6. The maximum absolute atomic E-state index is 5.99. The molecular formula is C16H21BrN2S. The quantitative estimate of drug-likeness (QED) is 0.843. The number of likely N-dealkylation sites (N-methyl/N-ethyl adjacent to an activating group) is 1. The van der Waals surface area contributed by atoms with Gasteiger partial charge in [-0.15, -0.1) is 11.3 Å². The van der Waals surface area contributed by atoms with Gasteiger partial charge in [0.2, 0.25) is 0 Å². The van der Waals surface area contributed by atoms with Gasteiger partial charge < -0.3 is 5.73 Å². The first-order valence-electron chi connectivity index (χ1n) is 6.87. The molecule has 1 heterocycles. The number of hydrogen-bond donors (Lipinski definition) is 1. The fourth-order valence-corrected chi connectivity index (χ4v) is 3.66. The molecule has 1 aromatic heterocycles. The molecule has 0 saturated carbocycles. The summed E-state index contributed by atoms with van der Waals surface area (Å²) in [5.41, 5.74) is 7.30. The molecule has 4 heteroatoms. The van der Waals surface area contributed by atoms with E-state index in [1.165, 1.54) is 15.3 Å². The van der Waals surface area contributed by atoms with Gasteiger partial charge in [0, 0.05) is 27.3 Å². The van der Waals surface area contributed by atoms with E-state index in [0.717, 1.165) is 17.4 Å². The minimum Gasteiger partial charge on any atom is -0.329 e. The number of nitrogens with zero attached hydrogens (tertiary/aromatic N) is 1. The van der Waals surface area contributed by atoms with Crippen LogP contribution in [-0.4, -0.2) is 18.5 Å². The standard InChI is InChI=1S/C16H21BrN2S/c1-3-14-8-9-16(20-14)15(10-18)19(2)11-12-4-6-13(17)7-5-12/h4-9,15H,3,10-11,18H2,1-2H3. The first kappa shape index (κ1) is 15.7. The molecule has 1 aromatic carbocycles. The zero-order valence-corrected chi connectivity index (χ0v) is 14.4. The number of benzene rings is 1. The minimum absolute atomic E-state index is 0.295. The van der Waals surface area contributed by atoms with Crippen molar-refractivity contribution < 1.29 is 0 Å². The van der Waals surface area contributed by atoms with Gasteiger partial charge in [-0.25, -0.2) is 0 Å². The molecule has 1 unspecified atom stereocenters. The molecule has 20 heavy (non-hydrogen) atoms. The van der Waals surface area contributed by atoms with Gasteiger partial charge in [0.05, 0.1) is 6.04 Å². The molecule has 0 saturated heterocycles. The highest BCUT2D eigenvalue weighted by molar-refractivity contribution is 9.10. The fraction of sp³-hybridized carbons (Fsp3) is 0.375. The summed E-state index contributed by atoms with van der Waals surface area (Å²) in [6.07, 6.45) is 1.10. The summed E-state index contributed by atoms with van der Waals surface area (Å²) in [5.74, 6) is 0. The lowest BCUT2D eigenvalue weighted by atomic mass is 10.1. The largest absolute Gasteiger partial charge is 0.329 e. The molecule has 0 aliphatic rings. The Balaban J connectivity index is 2.08. The third kappa shape index (κ3) is 3.92. The summed E-state index contributed by atoms with van der Waals surface area (Å²) >= 11 is 5.35. The minimum atomic E-state index is 0.295. The highest BCUT2D eigenvalue weighted by atomic mass is 79.9. The first-order valence-corrected chi connectivity index (χ1v) is 8.48. The molecule has 0 fully saturated rings. The highest BCUT2D eigenvalue weighted by Gasteiger charge is 2.17. The number of hydrogen-bond acceptors (Lipinski definition) is 3. The zero-order chi connectivity index (χ0) is 14.5. The maximum Gasteiger partial charge on any atom is 0.0564 e. The van der Waals surface area contributed by atoms with Gasteiger partial charge in [-0.2, -0.15) is 0 Å². The van der Waals surface area contributed by atoms with E-state index in [0.29, 0.717) is 12.6 Å². The van der Waals surface area contributed by atoms with E-state index in [1.807, 2.05) is 11.3 Å². The summed E-state index contributed by atoms with van der Waals surface area (Å²) in [5, 5.41) is 0. The zero-order valence-electron chi connectivity index (χ0n) is 12.0. The fourth-order valence-electron chi connectivity index (χ4n) is 2.26. The van der Waals surface area contributed by atoms with Gasteiger partial charge >= 0.3 is 0 Å². The van der Waals surface area contributed by atoms with E-state index >= 15 is 0 Å². The Morgan fingerprint density at radius 1 is 1.20 bits per heavy atom. The lowest BCUT2D eigenvalue weighted by Gasteiger charge is -2.26. The summed E-state index contributed by atoms with van der Waals surface area (Å²) in [4.78, 5) is 5.12. The van der Waals surface area contributed by atoms with Gasteiger partial charge in [0.25, 0.3) is 0 Å². The second-order valence-electron chi connectivity index (χ2n) is 4.95. The Kier molecular flexibility index (Phi) is 5.78. The van der Waals surface area contributed by atoms with Crippen molar-refractivity contribution in [2.24, 2.45) is 5.73 Å². The SMILES string of the molecule is CCc1ccc(C(CN)N(C)Cc2ccc(Br)cc2)s1. The summed E-state index contributed by atoms with van der Waals surface area (Å²) in [6.45, 7) is 3.75. The molecule has 0 radical (unpaired) electrons. The summed E-state index contributed by atoms with van der Waals surface area (Å²) in [7, 11) is 2.14. The lowest BCUT2D eigenvalue weighted by Crippen LogP contribution is -2.29. The van der Waals surface area contributed by atoms with Crippen LogP contribution < -0.4 is 5.73 Å². The normalized spacial score (nSPS) is 12.8. The smallest absolute Gasteiger partial charge is 0.0564 e. The van der Waals surface area contributed by atoms with Gasteiger partial charge in [-0.3, -0.25) is 4.90 Å². The van der Waals surface area contributed by atoms with Crippen molar-refractivity contribution in [3.8, 4) is 0 Å². The highest BCUT2D eigenvalue weighted by Crippen LogP contribution is 2.28. The second-order valence-corrected chi connectivity index (χ2v) is 7.07. The topological polar surface area (TPSA) is 29.3 Å². The molecule has 0 bridgehead atoms. The monoisotopic (exact) mass is 352 g/mol. The van der Waals surface area contributed by atoms with Crippen LogP contribution in [0.1, 0.15) is 28.3 Å². The van der Waals surface area contributed by atoms with Crippen LogP contribution in [0, 0.1) is 0 Å². The average Bonchev–Trinajstić information content (AvgIpc) is 2.91. The van der Waals surface area contributed by atoms with E-state index < -0.39 is 0 Å². The van der Waals surface area contributed by atoms with Crippen molar-refractivity contribution in [2.75, 3.05) is 13.6 Å². The molecule has 0 aliphatic carbocycles. The molecule has 1 atom stereocenters. The van der Waals surface area contributed by atoms with Crippen molar-refractivity contribution in [3.05, 3.63) is 56.2 Å². The second kappa shape index (κ2) is 7.36. The average molecular weight is 353 g/mol. The van der Waals surface area contributed by atoms with Gasteiger partial charge in [-0.1, -0.05) is 35.0 Å². The Morgan fingerprint density at radius 2 is 1.90 bits per heavy atom. The van der Waals surface area contributed by atoms with E-state index in [1.54, 1.807) is 0 Å². The van der Waals surface area contributed by atoms with E-state index in [9.17, 15) is 0 Å². The predicted molar refractivity (Wildman–Crippen MR) is 91.1 cm³/mol. The molecular weight excluding hydrogens is 332 g/mol. The lowest BCUT2D eigenvalue weighted by molar-refractivity contribution is 0.245. The first-order chi connectivity index (χ1) is 9.63. The van der Waals surface area contributed by atoms with Crippen molar-refractivity contribution in [1.29, 1.82) is 0 Å². The molecule has 2 N–H and O–H groups in total. The number of aryl methyl sites for hydroxylation is 1. The van der Waals surface area contributed by atoms with Crippen molar-refractivity contribution in [2.45, 2.75) is 25.9 Å². The summed E-state index contributed by atoms with van der Waals surface area (Å²) in [6, 6.07) is 13.2. The van der Waals surface area contributed by atoms with Gasteiger partial charge in [0.1, 0.15) is 0 Å². The molecule has 2 nitrogen and oxygen atoms in total. The van der Waals surface area contributed by atoms with Gasteiger partial charge in [-0.05, 0) is 43.3 Å². The van der Waals surface area contributed by atoms with Crippen LogP contribution in [0.25, 0.3) is 0 Å². The van der Waals surface area contributed by atoms with Crippen LogP contribution in [0.5, 0.6) is 0 Å². The van der Waals surface area contributed by atoms with Crippen LogP contribution in [0.2, 0.25) is 0 Å². The third-order valence-corrected chi connectivity index (χ3v) is 5.32. The van der Waals surface area contributed by atoms with E-state index in [4.69, 9.17) is 5.73 Å². The molecule has 0 amide bonds. The molecule has 2 aromatic rings. The molecule has 108 valence electrons.